The average Bonchev–Trinajstić information content (AvgIpc) is 2.55. The first-order chi connectivity index (χ1) is 10.7. The molecule has 1 heterocycles. The molecule has 3 rings (SSSR count). The van der Waals surface area contributed by atoms with Crippen molar-refractivity contribution in [3.63, 3.8) is 0 Å². The number of benzene rings is 2. The average molecular weight is 359 g/mol. The Morgan fingerprint density at radius 1 is 1.00 bits per heavy atom. The lowest BCUT2D eigenvalue weighted by Crippen LogP contribution is -1.98. The molecule has 0 aliphatic carbocycles. The van der Waals surface area contributed by atoms with Crippen LogP contribution in [0.4, 0.5) is 4.39 Å². The van der Waals surface area contributed by atoms with Crippen molar-refractivity contribution >= 4 is 15.9 Å². The fourth-order valence-corrected chi connectivity index (χ4v) is 2.16. The number of rotatable bonds is 4. The van der Waals surface area contributed by atoms with Gasteiger partial charge in [0.15, 0.2) is 17.4 Å². The second kappa shape index (κ2) is 6.66. The monoisotopic (exact) mass is 358 g/mol. The van der Waals surface area contributed by atoms with Gasteiger partial charge in [-0.2, -0.15) is 0 Å². The van der Waals surface area contributed by atoms with E-state index in [-0.39, 0.29) is 5.75 Å². The third-order valence-corrected chi connectivity index (χ3v) is 3.46. The number of hydrogen-bond donors (Lipinski definition) is 0. The van der Waals surface area contributed by atoms with E-state index in [2.05, 4.69) is 25.9 Å². The lowest BCUT2D eigenvalue weighted by Gasteiger charge is -2.08. The molecule has 1 aromatic heterocycles. The first-order valence-corrected chi connectivity index (χ1v) is 7.46. The Morgan fingerprint density at radius 3 is 2.41 bits per heavy atom. The SMILES string of the molecule is Fc1cc(-c2ncc(Br)cn2)ccc1OCc1ccccc1. The lowest BCUT2D eigenvalue weighted by molar-refractivity contribution is 0.290. The number of aromatic nitrogens is 2. The van der Waals surface area contributed by atoms with Crippen molar-refractivity contribution in [2.24, 2.45) is 0 Å². The largest absolute Gasteiger partial charge is 0.486 e. The van der Waals surface area contributed by atoms with Gasteiger partial charge in [0.1, 0.15) is 6.61 Å². The Kier molecular flexibility index (Phi) is 4.44. The highest BCUT2D eigenvalue weighted by molar-refractivity contribution is 9.10. The van der Waals surface area contributed by atoms with Gasteiger partial charge < -0.3 is 4.74 Å². The van der Waals surface area contributed by atoms with Gasteiger partial charge in [-0.15, -0.1) is 0 Å². The second-order valence-electron chi connectivity index (χ2n) is 4.64. The molecule has 110 valence electrons. The first-order valence-electron chi connectivity index (χ1n) is 6.66. The maximum atomic E-state index is 14.1. The second-order valence-corrected chi connectivity index (χ2v) is 5.56. The summed E-state index contributed by atoms with van der Waals surface area (Å²) in [6.07, 6.45) is 3.25. The van der Waals surface area contributed by atoms with E-state index >= 15 is 0 Å². The Hall–Kier alpha value is -2.27. The van der Waals surface area contributed by atoms with Crippen LogP contribution in [0, 0.1) is 5.82 Å². The number of hydrogen-bond acceptors (Lipinski definition) is 3. The van der Waals surface area contributed by atoms with E-state index in [0.717, 1.165) is 10.0 Å². The normalized spacial score (nSPS) is 10.5. The fourth-order valence-electron chi connectivity index (χ4n) is 1.95. The van der Waals surface area contributed by atoms with Crippen molar-refractivity contribution in [1.82, 2.24) is 9.97 Å². The number of nitrogens with zero attached hydrogens (tertiary/aromatic N) is 2. The molecule has 0 atom stereocenters. The molecule has 0 radical (unpaired) electrons. The van der Waals surface area contributed by atoms with Crippen LogP contribution in [0.2, 0.25) is 0 Å². The summed E-state index contributed by atoms with van der Waals surface area (Å²) in [5.74, 6) is 0.251. The Balaban J connectivity index is 1.76. The molecule has 0 aliphatic rings. The standard InChI is InChI=1S/C17H12BrFN2O/c18-14-9-20-17(21-10-14)13-6-7-16(15(19)8-13)22-11-12-4-2-1-3-5-12/h1-10H,11H2. The van der Waals surface area contributed by atoms with E-state index in [1.165, 1.54) is 6.07 Å². The van der Waals surface area contributed by atoms with Crippen molar-refractivity contribution in [2.45, 2.75) is 6.61 Å². The zero-order valence-electron chi connectivity index (χ0n) is 11.5. The van der Waals surface area contributed by atoms with Crippen LogP contribution in [0.15, 0.2) is 65.4 Å². The van der Waals surface area contributed by atoms with E-state index in [0.29, 0.717) is 18.0 Å². The maximum absolute atomic E-state index is 14.1. The van der Waals surface area contributed by atoms with Crippen molar-refractivity contribution in [1.29, 1.82) is 0 Å². The zero-order valence-corrected chi connectivity index (χ0v) is 13.1. The van der Waals surface area contributed by atoms with Crippen LogP contribution in [0.25, 0.3) is 11.4 Å². The van der Waals surface area contributed by atoms with Crippen LogP contribution in [0.3, 0.4) is 0 Å². The molecule has 22 heavy (non-hydrogen) atoms. The summed E-state index contributed by atoms with van der Waals surface area (Å²) in [6, 6.07) is 14.3. The Bertz CT molecular complexity index is 763. The summed E-state index contributed by atoms with van der Waals surface area (Å²) in [5.41, 5.74) is 1.60. The highest BCUT2D eigenvalue weighted by Crippen LogP contribution is 2.24. The van der Waals surface area contributed by atoms with Crippen LogP contribution in [-0.2, 0) is 6.61 Å². The van der Waals surface area contributed by atoms with Gasteiger partial charge in [0.05, 0.1) is 4.47 Å². The smallest absolute Gasteiger partial charge is 0.165 e. The van der Waals surface area contributed by atoms with Gasteiger partial charge >= 0.3 is 0 Å². The van der Waals surface area contributed by atoms with Gasteiger partial charge in [-0.25, -0.2) is 14.4 Å². The van der Waals surface area contributed by atoms with E-state index in [1.807, 2.05) is 30.3 Å². The predicted octanol–water partition coefficient (Wildman–Crippen LogP) is 4.62. The van der Waals surface area contributed by atoms with Crippen LogP contribution in [-0.4, -0.2) is 9.97 Å². The molecular formula is C17H12BrFN2O. The van der Waals surface area contributed by atoms with Crippen LogP contribution in [0.1, 0.15) is 5.56 Å². The topological polar surface area (TPSA) is 35.0 Å². The van der Waals surface area contributed by atoms with E-state index in [4.69, 9.17) is 4.74 Å². The minimum Gasteiger partial charge on any atom is -0.486 e. The molecule has 0 aliphatic heterocycles. The van der Waals surface area contributed by atoms with Gasteiger partial charge in [-0.1, -0.05) is 30.3 Å². The molecule has 0 fully saturated rings. The minimum atomic E-state index is -0.431. The Labute approximate surface area is 135 Å². The van der Waals surface area contributed by atoms with Crippen molar-refractivity contribution < 1.29 is 9.13 Å². The molecule has 0 N–H and O–H groups in total. The summed E-state index contributed by atoms with van der Waals surface area (Å²) >= 11 is 3.27. The predicted molar refractivity (Wildman–Crippen MR) is 85.9 cm³/mol. The highest BCUT2D eigenvalue weighted by Gasteiger charge is 2.08. The van der Waals surface area contributed by atoms with Gasteiger partial charge in [0.25, 0.3) is 0 Å². The molecular weight excluding hydrogens is 347 g/mol. The van der Waals surface area contributed by atoms with Gasteiger partial charge in [0.2, 0.25) is 0 Å². The molecule has 3 aromatic rings. The molecule has 0 saturated carbocycles. The zero-order chi connectivity index (χ0) is 15.4. The minimum absolute atomic E-state index is 0.213. The molecule has 3 nitrogen and oxygen atoms in total. The third-order valence-electron chi connectivity index (χ3n) is 3.05. The first kappa shape index (κ1) is 14.7. The quantitative estimate of drug-likeness (QED) is 0.682. The van der Waals surface area contributed by atoms with Crippen LogP contribution in [0.5, 0.6) is 5.75 Å². The van der Waals surface area contributed by atoms with Gasteiger partial charge in [-0.05, 0) is 39.7 Å². The summed E-state index contributed by atoms with van der Waals surface area (Å²) in [5, 5.41) is 0. The van der Waals surface area contributed by atoms with Crippen molar-refractivity contribution in [2.75, 3.05) is 0 Å². The number of halogens is 2. The van der Waals surface area contributed by atoms with Crippen molar-refractivity contribution in [3.05, 3.63) is 76.8 Å². The number of ether oxygens (including phenoxy) is 1. The van der Waals surface area contributed by atoms with Crippen LogP contribution >= 0.6 is 15.9 Å². The molecule has 0 amide bonds. The van der Waals surface area contributed by atoms with Gasteiger partial charge in [0, 0.05) is 18.0 Å². The Morgan fingerprint density at radius 2 is 1.73 bits per heavy atom. The summed E-state index contributed by atoms with van der Waals surface area (Å²) in [4.78, 5) is 8.29. The molecule has 0 spiro atoms. The van der Waals surface area contributed by atoms with E-state index < -0.39 is 5.82 Å². The molecule has 2 aromatic carbocycles. The molecule has 0 unspecified atom stereocenters. The summed E-state index contributed by atoms with van der Waals surface area (Å²) < 4.78 is 20.4. The van der Waals surface area contributed by atoms with Gasteiger partial charge in [-0.3, -0.25) is 0 Å². The fraction of sp³-hybridized carbons (Fsp3) is 0.0588. The third kappa shape index (κ3) is 3.49. The van der Waals surface area contributed by atoms with Crippen LogP contribution < -0.4 is 4.74 Å². The van der Waals surface area contributed by atoms with E-state index in [9.17, 15) is 4.39 Å². The molecule has 0 bridgehead atoms. The lowest BCUT2D eigenvalue weighted by atomic mass is 10.2. The molecule has 5 heteroatoms. The summed E-state index contributed by atoms with van der Waals surface area (Å²) in [7, 11) is 0. The maximum Gasteiger partial charge on any atom is 0.165 e. The highest BCUT2D eigenvalue weighted by atomic mass is 79.9. The molecule has 0 saturated heterocycles. The van der Waals surface area contributed by atoms with E-state index in [1.54, 1.807) is 24.5 Å². The van der Waals surface area contributed by atoms with Crippen molar-refractivity contribution in [3.8, 4) is 17.1 Å². The summed E-state index contributed by atoms with van der Waals surface area (Å²) in [6.45, 7) is 0.325.